The number of methoxy groups -OCH3 is 4. The molecule has 29 heavy (non-hydrogen) atoms. The summed E-state index contributed by atoms with van der Waals surface area (Å²) in [6, 6.07) is 10.2. The van der Waals surface area contributed by atoms with Crippen molar-refractivity contribution in [2.24, 2.45) is 16.9 Å². The van der Waals surface area contributed by atoms with E-state index in [1.165, 1.54) is 28.4 Å². The smallest absolute Gasteiger partial charge is 0.233 e. The van der Waals surface area contributed by atoms with Crippen LogP contribution in [0.5, 0.6) is 23.0 Å². The monoisotopic (exact) mass is 402 g/mol. The van der Waals surface area contributed by atoms with Gasteiger partial charge in [-0.25, -0.2) is 0 Å². The van der Waals surface area contributed by atoms with Crippen LogP contribution in [0.25, 0.3) is 0 Å². The van der Waals surface area contributed by atoms with Crippen LogP contribution in [0.2, 0.25) is 0 Å². The minimum atomic E-state index is -1.67. The Bertz CT molecular complexity index is 779. The molecular weight excluding hydrogens is 376 g/mol. The van der Waals surface area contributed by atoms with Gasteiger partial charge in [0.05, 0.1) is 28.4 Å². The van der Waals surface area contributed by atoms with E-state index in [-0.39, 0.29) is 12.8 Å². The highest BCUT2D eigenvalue weighted by Gasteiger charge is 2.43. The van der Waals surface area contributed by atoms with Crippen molar-refractivity contribution < 1.29 is 28.5 Å². The van der Waals surface area contributed by atoms with Crippen molar-refractivity contribution in [2.75, 3.05) is 28.4 Å². The molecule has 0 heterocycles. The van der Waals surface area contributed by atoms with Crippen LogP contribution in [0.3, 0.4) is 0 Å². The molecule has 0 radical (unpaired) electrons. The number of hydrogen-bond donors (Lipinski definition) is 2. The van der Waals surface area contributed by atoms with Crippen LogP contribution in [-0.2, 0) is 22.4 Å². The highest BCUT2D eigenvalue weighted by molar-refractivity contribution is 6.04. The first kappa shape index (κ1) is 21.9. The molecule has 0 aliphatic heterocycles. The maximum absolute atomic E-state index is 12.5. The molecule has 2 amide bonds. The van der Waals surface area contributed by atoms with Gasteiger partial charge in [0.2, 0.25) is 11.8 Å². The molecule has 2 rings (SSSR count). The molecule has 156 valence electrons. The average Bonchev–Trinajstić information content (AvgIpc) is 2.71. The van der Waals surface area contributed by atoms with E-state index >= 15 is 0 Å². The summed E-state index contributed by atoms with van der Waals surface area (Å²) in [4.78, 5) is 25.0. The van der Waals surface area contributed by atoms with Gasteiger partial charge in [0, 0.05) is 12.1 Å². The Kier molecular flexibility index (Phi) is 6.93. The van der Waals surface area contributed by atoms with Gasteiger partial charge in [0.25, 0.3) is 0 Å². The standard InChI is InChI=1S/C21H26N2O6/c1-26-15-5-13(6-16(9-15)27-2)11-21(19(22)24,20(23)25)12-14-7-17(28-3)10-18(8-14)29-4/h5-10H,11-12H2,1-4H3,(H2,22,24)(H2,23,25). The highest BCUT2D eigenvalue weighted by atomic mass is 16.5. The third kappa shape index (κ3) is 4.90. The summed E-state index contributed by atoms with van der Waals surface area (Å²) in [5.74, 6) is 0.424. The third-order valence-electron chi connectivity index (χ3n) is 4.78. The summed E-state index contributed by atoms with van der Waals surface area (Å²) in [6.07, 6.45) is -0.0461. The summed E-state index contributed by atoms with van der Waals surface area (Å²) in [7, 11) is 6.04. The number of carbonyl (C=O) groups is 2. The first-order valence-corrected chi connectivity index (χ1v) is 8.81. The summed E-state index contributed by atoms with van der Waals surface area (Å²) in [5, 5.41) is 0. The number of rotatable bonds is 10. The Morgan fingerprint density at radius 3 is 1.14 bits per heavy atom. The second kappa shape index (κ2) is 9.18. The fraction of sp³-hybridized carbons (Fsp3) is 0.333. The lowest BCUT2D eigenvalue weighted by Crippen LogP contribution is -2.50. The van der Waals surface area contributed by atoms with Crippen LogP contribution < -0.4 is 30.4 Å². The van der Waals surface area contributed by atoms with Crippen LogP contribution in [0, 0.1) is 5.41 Å². The molecule has 0 unspecified atom stereocenters. The fourth-order valence-electron chi connectivity index (χ4n) is 3.17. The van der Waals surface area contributed by atoms with Crippen molar-refractivity contribution in [1.29, 1.82) is 0 Å². The topological polar surface area (TPSA) is 123 Å². The molecule has 0 aliphatic rings. The third-order valence-corrected chi connectivity index (χ3v) is 4.78. The van der Waals surface area contributed by atoms with Crippen molar-refractivity contribution in [1.82, 2.24) is 0 Å². The van der Waals surface area contributed by atoms with E-state index < -0.39 is 17.2 Å². The van der Waals surface area contributed by atoms with Crippen molar-refractivity contribution in [2.45, 2.75) is 12.8 Å². The second-order valence-electron chi connectivity index (χ2n) is 6.61. The molecule has 8 nitrogen and oxygen atoms in total. The van der Waals surface area contributed by atoms with Crippen molar-refractivity contribution in [3.63, 3.8) is 0 Å². The minimum Gasteiger partial charge on any atom is -0.497 e. The Labute approximate surface area is 169 Å². The molecule has 0 saturated carbocycles. The Morgan fingerprint density at radius 2 is 0.931 bits per heavy atom. The molecule has 0 aliphatic carbocycles. The van der Waals surface area contributed by atoms with Gasteiger partial charge in [0.1, 0.15) is 28.4 Å². The predicted octanol–water partition coefficient (Wildman–Crippen LogP) is 1.46. The largest absolute Gasteiger partial charge is 0.497 e. The van der Waals surface area contributed by atoms with E-state index in [0.717, 1.165) is 0 Å². The number of carbonyl (C=O) groups excluding carboxylic acids is 2. The number of hydrogen-bond acceptors (Lipinski definition) is 6. The van der Waals surface area contributed by atoms with E-state index in [2.05, 4.69) is 0 Å². The highest BCUT2D eigenvalue weighted by Crippen LogP contribution is 2.33. The lowest BCUT2D eigenvalue weighted by Gasteiger charge is -2.28. The average molecular weight is 402 g/mol. The van der Waals surface area contributed by atoms with Crippen molar-refractivity contribution >= 4 is 11.8 Å². The molecule has 4 N–H and O–H groups in total. The maximum Gasteiger partial charge on any atom is 0.233 e. The number of ether oxygens (including phenoxy) is 4. The summed E-state index contributed by atoms with van der Waals surface area (Å²) in [6.45, 7) is 0. The Balaban J connectivity index is 2.53. The van der Waals surface area contributed by atoms with Gasteiger partial charge in [-0.1, -0.05) is 0 Å². The molecular formula is C21H26N2O6. The first-order valence-electron chi connectivity index (χ1n) is 8.81. The molecule has 0 atom stereocenters. The van der Waals surface area contributed by atoms with Crippen LogP contribution >= 0.6 is 0 Å². The van der Waals surface area contributed by atoms with Crippen LogP contribution in [0.15, 0.2) is 36.4 Å². The number of amides is 2. The van der Waals surface area contributed by atoms with Crippen molar-refractivity contribution in [3.8, 4) is 23.0 Å². The fourth-order valence-corrected chi connectivity index (χ4v) is 3.17. The van der Waals surface area contributed by atoms with E-state index in [4.69, 9.17) is 30.4 Å². The van der Waals surface area contributed by atoms with E-state index in [9.17, 15) is 9.59 Å². The van der Waals surface area contributed by atoms with E-state index in [1.807, 2.05) is 0 Å². The molecule has 2 aromatic carbocycles. The summed E-state index contributed by atoms with van der Waals surface area (Å²) < 4.78 is 21.1. The lowest BCUT2D eigenvalue weighted by atomic mass is 9.75. The van der Waals surface area contributed by atoms with Crippen molar-refractivity contribution in [3.05, 3.63) is 47.5 Å². The van der Waals surface area contributed by atoms with Crippen LogP contribution in [0.4, 0.5) is 0 Å². The second-order valence-corrected chi connectivity index (χ2v) is 6.61. The zero-order valence-corrected chi connectivity index (χ0v) is 17.0. The SMILES string of the molecule is COc1cc(CC(Cc2cc(OC)cc(OC)c2)(C(N)=O)C(N)=O)cc(OC)c1. The van der Waals surface area contributed by atoms with E-state index in [0.29, 0.717) is 34.1 Å². The quantitative estimate of drug-likeness (QED) is 0.580. The maximum atomic E-state index is 12.5. The Hall–Kier alpha value is -3.42. The molecule has 2 aromatic rings. The van der Waals surface area contributed by atoms with Gasteiger partial charge in [0.15, 0.2) is 0 Å². The summed E-state index contributed by atoms with van der Waals surface area (Å²) >= 11 is 0. The molecule has 0 aromatic heterocycles. The zero-order chi connectivity index (χ0) is 21.6. The zero-order valence-electron chi connectivity index (χ0n) is 17.0. The van der Waals surface area contributed by atoms with Gasteiger partial charge in [-0.15, -0.1) is 0 Å². The molecule has 0 spiro atoms. The van der Waals surface area contributed by atoms with Crippen LogP contribution in [-0.4, -0.2) is 40.3 Å². The molecule has 0 saturated heterocycles. The molecule has 8 heteroatoms. The van der Waals surface area contributed by atoms with Gasteiger partial charge >= 0.3 is 0 Å². The van der Waals surface area contributed by atoms with Gasteiger partial charge in [-0.2, -0.15) is 0 Å². The van der Waals surface area contributed by atoms with Gasteiger partial charge in [-0.05, 0) is 48.2 Å². The number of benzene rings is 2. The first-order chi connectivity index (χ1) is 13.8. The van der Waals surface area contributed by atoms with Crippen LogP contribution in [0.1, 0.15) is 11.1 Å². The van der Waals surface area contributed by atoms with Gasteiger partial charge < -0.3 is 30.4 Å². The normalized spacial score (nSPS) is 10.9. The molecule has 0 bridgehead atoms. The number of primary amides is 2. The number of nitrogens with two attached hydrogens (primary N) is 2. The predicted molar refractivity (Wildman–Crippen MR) is 107 cm³/mol. The lowest BCUT2D eigenvalue weighted by molar-refractivity contribution is -0.139. The van der Waals surface area contributed by atoms with E-state index in [1.54, 1.807) is 36.4 Å². The summed E-state index contributed by atoms with van der Waals surface area (Å²) in [5.41, 5.74) is 10.9. The Morgan fingerprint density at radius 1 is 0.655 bits per heavy atom. The van der Waals surface area contributed by atoms with Gasteiger partial charge in [-0.3, -0.25) is 9.59 Å². The molecule has 0 fully saturated rings. The minimum absolute atomic E-state index is 0.0231.